The summed E-state index contributed by atoms with van der Waals surface area (Å²) in [6.07, 6.45) is 6.72. The van der Waals surface area contributed by atoms with E-state index in [0.29, 0.717) is 5.41 Å². The van der Waals surface area contributed by atoms with Gasteiger partial charge in [-0.3, -0.25) is 0 Å². The molecule has 0 aliphatic heterocycles. The molecule has 0 bridgehead atoms. The Kier molecular flexibility index (Phi) is 6.25. The summed E-state index contributed by atoms with van der Waals surface area (Å²) in [5.74, 6) is 0. The Bertz CT molecular complexity index is 399. The second kappa shape index (κ2) is 7.95. The molecule has 1 unspecified atom stereocenters. The molecule has 2 nitrogen and oxygen atoms in total. The summed E-state index contributed by atoms with van der Waals surface area (Å²) >= 11 is 0. The first-order valence-electron chi connectivity index (χ1n) is 8.51. The number of benzene rings is 1. The van der Waals surface area contributed by atoms with Gasteiger partial charge in [0.25, 0.3) is 0 Å². The lowest BCUT2D eigenvalue weighted by Crippen LogP contribution is -2.38. The molecule has 21 heavy (non-hydrogen) atoms. The molecule has 1 saturated carbocycles. The molecule has 1 aliphatic rings. The molecular formula is C19H32N2. The maximum atomic E-state index is 3.77. The smallest absolute Gasteiger partial charge is 0.0230 e. The highest BCUT2D eigenvalue weighted by molar-refractivity contribution is 5.14. The number of nitrogens with zero attached hydrogens (tertiary/aromatic N) is 1. The molecule has 118 valence electrons. The Morgan fingerprint density at radius 1 is 1.24 bits per heavy atom. The normalized spacial score (nSPS) is 21.6. The molecule has 1 aromatic carbocycles. The molecular weight excluding hydrogens is 256 g/mol. The Morgan fingerprint density at radius 2 is 2.00 bits per heavy atom. The first-order valence-corrected chi connectivity index (χ1v) is 8.51. The summed E-state index contributed by atoms with van der Waals surface area (Å²) in [5, 5.41) is 3.77. The average molecular weight is 288 g/mol. The lowest BCUT2D eigenvalue weighted by atomic mass is 9.75. The maximum absolute atomic E-state index is 3.77. The Balaban J connectivity index is 1.59. The van der Waals surface area contributed by atoms with Gasteiger partial charge in [-0.1, -0.05) is 50.6 Å². The molecule has 2 rings (SSSR count). The summed E-state index contributed by atoms with van der Waals surface area (Å²) in [6, 6.07) is 11.5. The van der Waals surface area contributed by atoms with Gasteiger partial charge in [-0.15, -0.1) is 0 Å². The molecule has 0 amide bonds. The van der Waals surface area contributed by atoms with Gasteiger partial charge in [-0.05, 0) is 56.8 Å². The number of rotatable bonds is 7. The zero-order chi connectivity index (χ0) is 15.1. The van der Waals surface area contributed by atoms with Crippen LogP contribution in [-0.4, -0.2) is 31.1 Å². The van der Waals surface area contributed by atoms with Crippen molar-refractivity contribution in [3.63, 3.8) is 0 Å². The van der Waals surface area contributed by atoms with Crippen LogP contribution in [0.2, 0.25) is 0 Å². The topological polar surface area (TPSA) is 15.3 Å². The van der Waals surface area contributed by atoms with Gasteiger partial charge in [0.05, 0.1) is 0 Å². The second-order valence-electron chi connectivity index (χ2n) is 7.49. The van der Waals surface area contributed by atoms with E-state index in [9.17, 15) is 0 Å². The number of nitrogens with one attached hydrogen (secondary N) is 1. The quantitative estimate of drug-likeness (QED) is 0.761. The van der Waals surface area contributed by atoms with Crippen molar-refractivity contribution in [3.05, 3.63) is 35.9 Å². The Morgan fingerprint density at radius 3 is 2.71 bits per heavy atom. The van der Waals surface area contributed by atoms with Crippen LogP contribution in [0.25, 0.3) is 0 Å². The van der Waals surface area contributed by atoms with Crippen LogP contribution in [0, 0.1) is 5.41 Å². The van der Waals surface area contributed by atoms with Crippen molar-refractivity contribution in [2.24, 2.45) is 5.41 Å². The molecule has 1 fully saturated rings. The third-order valence-electron chi connectivity index (χ3n) is 4.65. The van der Waals surface area contributed by atoms with Crippen molar-refractivity contribution in [1.29, 1.82) is 0 Å². The Labute approximate surface area is 130 Å². The summed E-state index contributed by atoms with van der Waals surface area (Å²) in [6.45, 7) is 8.19. The van der Waals surface area contributed by atoms with Gasteiger partial charge >= 0.3 is 0 Å². The molecule has 0 spiro atoms. The average Bonchev–Trinajstić information content (AvgIpc) is 2.44. The number of hydrogen-bond acceptors (Lipinski definition) is 2. The van der Waals surface area contributed by atoms with Crippen LogP contribution < -0.4 is 5.32 Å². The molecule has 1 N–H and O–H groups in total. The summed E-state index contributed by atoms with van der Waals surface area (Å²) in [7, 11) is 2.22. The van der Waals surface area contributed by atoms with Gasteiger partial charge in [0.1, 0.15) is 0 Å². The van der Waals surface area contributed by atoms with Crippen molar-refractivity contribution < 1.29 is 0 Å². The lowest BCUT2D eigenvalue weighted by Gasteiger charge is -2.35. The van der Waals surface area contributed by atoms with Gasteiger partial charge in [-0.25, -0.2) is 0 Å². The zero-order valence-electron chi connectivity index (χ0n) is 14.1. The molecule has 0 radical (unpaired) electrons. The third-order valence-corrected chi connectivity index (χ3v) is 4.65. The maximum Gasteiger partial charge on any atom is 0.0230 e. The minimum absolute atomic E-state index is 0.542. The van der Waals surface area contributed by atoms with Crippen LogP contribution in [0.4, 0.5) is 0 Å². The predicted molar refractivity (Wildman–Crippen MR) is 91.4 cm³/mol. The van der Waals surface area contributed by atoms with Crippen LogP contribution >= 0.6 is 0 Å². The largest absolute Gasteiger partial charge is 0.314 e. The molecule has 0 aromatic heterocycles. The summed E-state index contributed by atoms with van der Waals surface area (Å²) in [4.78, 5) is 2.42. The Hall–Kier alpha value is -0.860. The summed E-state index contributed by atoms with van der Waals surface area (Å²) in [5.41, 5.74) is 1.95. The molecule has 1 atom stereocenters. The first kappa shape index (κ1) is 16.5. The third kappa shape index (κ3) is 6.19. The number of hydrogen-bond donors (Lipinski definition) is 1. The van der Waals surface area contributed by atoms with E-state index in [4.69, 9.17) is 0 Å². The lowest BCUT2D eigenvalue weighted by molar-refractivity contribution is 0.197. The molecule has 1 aliphatic carbocycles. The van der Waals surface area contributed by atoms with E-state index in [-0.39, 0.29) is 0 Å². The van der Waals surface area contributed by atoms with Crippen LogP contribution in [0.1, 0.15) is 51.5 Å². The van der Waals surface area contributed by atoms with E-state index in [1.54, 1.807) is 0 Å². The highest BCUT2D eigenvalue weighted by Crippen LogP contribution is 2.34. The minimum Gasteiger partial charge on any atom is -0.314 e. The molecule has 0 saturated heterocycles. The van der Waals surface area contributed by atoms with Crippen LogP contribution in [0.5, 0.6) is 0 Å². The van der Waals surface area contributed by atoms with Gasteiger partial charge in [0.2, 0.25) is 0 Å². The first-order chi connectivity index (χ1) is 10.1. The highest BCUT2D eigenvalue weighted by Gasteiger charge is 2.27. The highest BCUT2D eigenvalue weighted by atomic mass is 15.1. The summed E-state index contributed by atoms with van der Waals surface area (Å²) < 4.78 is 0. The fourth-order valence-electron chi connectivity index (χ4n) is 3.50. The van der Waals surface area contributed by atoms with E-state index >= 15 is 0 Å². The van der Waals surface area contributed by atoms with Crippen LogP contribution in [0.3, 0.4) is 0 Å². The van der Waals surface area contributed by atoms with Crippen molar-refractivity contribution >= 4 is 0 Å². The van der Waals surface area contributed by atoms with E-state index in [1.165, 1.54) is 37.7 Å². The van der Waals surface area contributed by atoms with E-state index < -0.39 is 0 Å². The standard InChI is InChI=1S/C19H32N2/c1-19(2)12-7-11-18(15-19)20-13-8-14-21(3)16-17-9-5-4-6-10-17/h4-6,9-10,18,20H,7-8,11-16H2,1-3H3. The van der Waals surface area contributed by atoms with Crippen molar-refractivity contribution in [1.82, 2.24) is 10.2 Å². The van der Waals surface area contributed by atoms with Gasteiger partial charge < -0.3 is 10.2 Å². The fraction of sp³-hybridized carbons (Fsp3) is 0.684. The van der Waals surface area contributed by atoms with E-state index in [2.05, 4.69) is 61.4 Å². The fourth-order valence-corrected chi connectivity index (χ4v) is 3.50. The molecule has 0 heterocycles. The van der Waals surface area contributed by atoms with Crippen molar-refractivity contribution in [2.75, 3.05) is 20.1 Å². The van der Waals surface area contributed by atoms with Crippen molar-refractivity contribution in [2.45, 2.75) is 58.5 Å². The van der Waals surface area contributed by atoms with Crippen LogP contribution in [-0.2, 0) is 6.54 Å². The molecule has 2 heteroatoms. The predicted octanol–water partition coefficient (Wildman–Crippen LogP) is 4.07. The van der Waals surface area contributed by atoms with Crippen molar-refractivity contribution in [3.8, 4) is 0 Å². The van der Waals surface area contributed by atoms with Crippen LogP contribution in [0.15, 0.2) is 30.3 Å². The monoisotopic (exact) mass is 288 g/mol. The van der Waals surface area contributed by atoms with Gasteiger partial charge in [0, 0.05) is 12.6 Å². The van der Waals surface area contributed by atoms with Gasteiger partial charge in [0.15, 0.2) is 0 Å². The minimum atomic E-state index is 0.542. The van der Waals surface area contributed by atoms with E-state index in [0.717, 1.165) is 25.7 Å². The SMILES string of the molecule is CN(CCCNC1CCCC(C)(C)C1)Cc1ccccc1. The zero-order valence-corrected chi connectivity index (χ0v) is 14.1. The second-order valence-corrected chi connectivity index (χ2v) is 7.49. The van der Waals surface area contributed by atoms with E-state index in [1.807, 2.05) is 0 Å². The molecule has 1 aromatic rings. The van der Waals surface area contributed by atoms with Gasteiger partial charge in [-0.2, -0.15) is 0 Å².